The Kier molecular flexibility index (Phi) is 4.44. The molecule has 0 bridgehead atoms. The van der Waals surface area contributed by atoms with Gasteiger partial charge in [-0.25, -0.2) is 0 Å². The second-order valence-electron chi connectivity index (χ2n) is 7.91. The van der Waals surface area contributed by atoms with Crippen molar-refractivity contribution < 1.29 is 9.47 Å². The Labute approximate surface area is 161 Å². The average molecular weight is 364 g/mol. The summed E-state index contributed by atoms with van der Waals surface area (Å²) < 4.78 is 11.4. The highest BCUT2D eigenvalue weighted by atomic mass is 16.5. The predicted octanol–water partition coefficient (Wildman–Crippen LogP) is 3.70. The second-order valence-corrected chi connectivity index (χ2v) is 7.91. The van der Waals surface area contributed by atoms with Gasteiger partial charge in [0.05, 0.1) is 19.3 Å². The van der Waals surface area contributed by atoms with Gasteiger partial charge in [-0.1, -0.05) is 30.3 Å². The van der Waals surface area contributed by atoms with Crippen molar-refractivity contribution in [1.29, 1.82) is 0 Å². The Morgan fingerprint density at radius 2 is 2.04 bits per heavy atom. The van der Waals surface area contributed by atoms with E-state index < -0.39 is 0 Å². The van der Waals surface area contributed by atoms with Crippen molar-refractivity contribution in [2.75, 3.05) is 44.8 Å². The van der Waals surface area contributed by atoms with Crippen LogP contribution in [0.3, 0.4) is 0 Å². The fourth-order valence-electron chi connectivity index (χ4n) is 5.25. The highest BCUT2D eigenvalue weighted by Gasteiger charge is 2.44. The minimum atomic E-state index is 0.627. The van der Waals surface area contributed by atoms with E-state index in [0.717, 1.165) is 37.6 Å². The second kappa shape index (κ2) is 7.08. The minimum Gasteiger partial charge on any atom is -0.496 e. The first-order valence-electron chi connectivity index (χ1n) is 10.2. The topological polar surface area (TPSA) is 24.9 Å². The van der Waals surface area contributed by atoms with Crippen LogP contribution in [0.2, 0.25) is 0 Å². The number of anilines is 1. The molecule has 0 aromatic heterocycles. The molecule has 0 radical (unpaired) electrons. The minimum absolute atomic E-state index is 0.627. The highest BCUT2D eigenvalue weighted by molar-refractivity contribution is 5.71. The first-order chi connectivity index (χ1) is 13.3. The number of hydrogen-bond acceptors (Lipinski definition) is 4. The van der Waals surface area contributed by atoms with Gasteiger partial charge in [0.2, 0.25) is 0 Å². The van der Waals surface area contributed by atoms with Crippen LogP contribution < -0.4 is 14.4 Å². The molecule has 142 valence electrons. The van der Waals surface area contributed by atoms with Crippen LogP contribution in [0.15, 0.2) is 42.5 Å². The summed E-state index contributed by atoms with van der Waals surface area (Å²) in [6.45, 7) is 5.39. The lowest BCUT2D eigenvalue weighted by molar-refractivity contribution is 0.188. The van der Waals surface area contributed by atoms with E-state index in [0.29, 0.717) is 12.0 Å². The van der Waals surface area contributed by atoms with E-state index in [1.165, 1.54) is 42.7 Å². The summed E-state index contributed by atoms with van der Waals surface area (Å²) in [7, 11) is 1.76. The molecule has 0 saturated carbocycles. The summed E-state index contributed by atoms with van der Waals surface area (Å²) in [4.78, 5) is 5.29. The molecule has 2 atom stereocenters. The number of fused-ring (bicyclic) bond motifs is 3. The molecule has 3 aliphatic heterocycles. The van der Waals surface area contributed by atoms with Crippen LogP contribution in [-0.4, -0.2) is 50.8 Å². The predicted molar refractivity (Wildman–Crippen MR) is 108 cm³/mol. The zero-order valence-electron chi connectivity index (χ0n) is 16.1. The number of aryl methyl sites for hydroxylation is 1. The molecule has 5 rings (SSSR count). The number of benzene rings is 2. The largest absolute Gasteiger partial charge is 0.496 e. The zero-order valence-corrected chi connectivity index (χ0v) is 16.1. The molecule has 1 saturated heterocycles. The summed E-state index contributed by atoms with van der Waals surface area (Å²) in [5.41, 5.74) is 4.21. The zero-order chi connectivity index (χ0) is 18.2. The van der Waals surface area contributed by atoms with Crippen LogP contribution in [0, 0.1) is 0 Å². The highest BCUT2D eigenvalue weighted by Crippen LogP contribution is 2.50. The van der Waals surface area contributed by atoms with Crippen LogP contribution in [0.5, 0.6) is 11.5 Å². The SMILES string of the molecule is COc1ccccc1CCCN1CCC2C(C1)c1cccc3c1N2CCO3. The van der Waals surface area contributed by atoms with Crippen molar-refractivity contribution >= 4 is 5.69 Å². The Morgan fingerprint density at radius 3 is 2.96 bits per heavy atom. The smallest absolute Gasteiger partial charge is 0.142 e. The van der Waals surface area contributed by atoms with Crippen molar-refractivity contribution in [3.63, 3.8) is 0 Å². The molecule has 3 heterocycles. The maximum atomic E-state index is 5.92. The van der Waals surface area contributed by atoms with Crippen LogP contribution in [0.1, 0.15) is 29.9 Å². The molecule has 0 aliphatic carbocycles. The van der Waals surface area contributed by atoms with Gasteiger partial charge in [0.25, 0.3) is 0 Å². The first-order valence-corrected chi connectivity index (χ1v) is 10.2. The summed E-state index contributed by atoms with van der Waals surface area (Å²) in [6.07, 6.45) is 3.51. The number of ether oxygens (including phenoxy) is 2. The number of para-hydroxylation sites is 2. The summed E-state index contributed by atoms with van der Waals surface area (Å²) in [5, 5.41) is 0. The standard InChI is InChI=1S/C23H28N2O2/c1-26-21-9-3-2-6-17(21)7-5-12-24-13-11-20-19(16-24)18-8-4-10-22-23(18)25(20)14-15-27-22/h2-4,6,8-10,19-20H,5,7,11-16H2,1H3. The van der Waals surface area contributed by atoms with E-state index in [9.17, 15) is 0 Å². The van der Waals surface area contributed by atoms with Crippen LogP contribution in [0.25, 0.3) is 0 Å². The lowest BCUT2D eigenvalue weighted by Crippen LogP contribution is -2.48. The Balaban J connectivity index is 1.25. The molecule has 4 nitrogen and oxygen atoms in total. The number of nitrogens with zero attached hydrogens (tertiary/aromatic N) is 2. The van der Waals surface area contributed by atoms with Crippen LogP contribution in [-0.2, 0) is 6.42 Å². The van der Waals surface area contributed by atoms with Gasteiger partial charge in [0.15, 0.2) is 0 Å². The van der Waals surface area contributed by atoms with Gasteiger partial charge in [0.1, 0.15) is 18.1 Å². The number of likely N-dealkylation sites (tertiary alicyclic amines) is 1. The van der Waals surface area contributed by atoms with E-state index >= 15 is 0 Å². The van der Waals surface area contributed by atoms with Gasteiger partial charge in [-0.2, -0.15) is 0 Å². The average Bonchev–Trinajstić information content (AvgIpc) is 3.04. The molecule has 1 fully saturated rings. The first kappa shape index (κ1) is 16.9. The molecule has 3 aliphatic rings. The molecule has 0 amide bonds. The lowest BCUT2D eigenvalue weighted by Gasteiger charge is -2.40. The fourth-order valence-corrected chi connectivity index (χ4v) is 5.25. The van der Waals surface area contributed by atoms with Gasteiger partial charge in [-0.05, 0) is 49.1 Å². The molecule has 2 aromatic carbocycles. The van der Waals surface area contributed by atoms with Gasteiger partial charge in [0, 0.05) is 25.0 Å². The number of hydrogen-bond donors (Lipinski definition) is 0. The van der Waals surface area contributed by atoms with Gasteiger partial charge in [-0.3, -0.25) is 0 Å². The van der Waals surface area contributed by atoms with Crippen molar-refractivity contribution in [3.8, 4) is 11.5 Å². The maximum absolute atomic E-state index is 5.92. The third kappa shape index (κ3) is 2.96. The van der Waals surface area contributed by atoms with E-state index in [4.69, 9.17) is 9.47 Å². The number of methoxy groups -OCH3 is 1. The molecular weight excluding hydrogens is 336 g/mol. The van der Waals surface area contributed by atoms with Crippen molar-refractivity contribution in [1.82, 2.24) is 4.90 Å². The third-order valence-electron chi connectivity index (χ3n) is 6.48. The van der Waals surface area contributed by atoms with Crippen molar-refractivity contribution in [2.24, 2.45) is 0 Å². The Bertz CT molecular complexity index is 822. The molecule has 0 spiro atoms. The third-order valence-corrected chi connectivity index (χ3v) is 6.48. The number of rotatable bonds is 5. The normalized spacial score (nSPS) is 23.5. The molecule has 0 N–H and O–H groups in total. The Morgan fingerprint density at radius 1 is 1.11 bits per heavy atom. The number of piperidine rings is 1. The van der Waals surface area contributed by atoms with E-state index in [2.05, 4.69) is 46.2 Å². The quantitative estimate of drug-likeness (QED) is 0.808. The molecule has 4 heteroatoms. The van der Waals surface area contributed by atoms with E-state index in [1.807, 2.05) is 6.07 Å². The van der Waals surface area contributed by atoms with Crippen molar-refractivity contribution in [3.05, 3.63) is 53.6 Å². The summed E-state index contributed by atoms with van der Waals surface area (Å²) >= 11 is 0. The fraction of sp³-hybridized carbons (Fsp3) is 0.478. The van der Waals surface area contributed by atoms with Crippen molar-refractivity contribution in [2.45, 2.75) is 31.2 Å². The van der Waals surface area contributed by atoms with E-state index in [-0.39, 0.29) is 0 Å². The Hall–Kier alpha value is -2.20. The molecule has 2 aromatic rings. The van der Waals surface area contributed by atoms with Crippen LogP contribution in [0.4, 0.5) is 5.69 Å². The van der Waals surface area contributed by atoms with E-state index in [1.54, 1.807) is 7.11 Å². The van der Waals surface area contributed by atoms with Gasteiger partial charge >= 0.3 is 0 Å². The monoisotopic (exact) mass is 364 g/mol. The van der Waals surface area contributed by atoms with Crippen LogP contribution >= 0.6 is 0 Å². The summed E-state index contributed by atoms with van der Waals surface area (Å²) in [6, 6.07) is 15.7. The lowest BCUT2D eigenvalue weighted by atomic mass is 9.89. The molecule has 2 unspecified atom stereocenters. The van der Waals surface area contributed by atoms with Gasteiger partial charge < -0.3 is 19.3 Å². The molecule has 27 heavy (non-hydrogen) atoms. The van der Waals surface area contributed by atoms with Gasteiger partial charge in [-0.15, -0.1) is 0 Å². The summed E-state index contributed by atoms with van der Waals surface area (Å²) in [5.74, 6) is 2.74. The maximum Gasteiger partial charge on any atom is 0.142 e. The molecular formula is C23H28N2O2.